The van der Waals surface area contributed by atoms with Gasteiger partial charge in [0.2, 0.25) is 5.91 Å². The van der Waals surface area contributed by atoms with E-state index < -0.39 is 16.6 Å². The molecule has 0 saturated carbocycles. The van der Waals surface area contributed by atoms with E-state index in [1.54, 1.807) is 18.2 Å². The van der Waals surface area contributed by atoms with Gasteiger partial charge in [0.25, 0.3) is 5.69 Å². The van der Waals surface area contributed by atoms with E-state index in [1.807, 2.05) is 0 Å². The number of anilines is 1. The average Bonchev–Trinajstić information content (AvgIpc) is 2.50. The molecule has 0 aliphatic heterocycles. The third kappa shape index (κ3) is 4.82. The summed E-state index contributed by atoms with van der Waals surface area (Å²) in [6.07, 6.45) is 0. The number of rotatable bonds is 5. The van der Waals surface area contributed by atoms with Gasteiger partial charge in [-0.05, 0) is 24.3 Å². The second-order valence-corrected chi connectivity index (χ2v) is 6.19. The first kappa shape index (κ1) is 17.5. The van der Waals surface area contributed by atoms with Crippen LogP contribution in [0.4, 0.5) is 15.8 Å². The molecule has 1 amide bonds. The molecule has 9 heteroatoms. The minimum absolute atomic E-state index is 0.0534. The number of non-ortho nitro benzene ring substituents is 1. The Bertz CT molecular complexity index is 774. The van der Waals surface area contributed by atoms with Crippen LogP contribution in [0.5, 0.6) is 0 Å². The van der Waals surface area contributed by atoms with E-state index in [4.69, 9.17) is 23.2 Å². The highest BCUT2D eigenvalue weighted by molar-refractivity contribution is 8.00. The molecule has 0 spiro atoms. The van der Waals surface area contributed by atoms with Crippen LogP contribution in [0.2, 0.25) is 10.0 Å². The van der Waals surface area contributed by atoms with Crippen LogP contribution in [0.25, 0.3) is 0 Å². The van der Waals surface area contributed by atoms with E-state index in [0.29, 0.717) is 14.9 Å². The molecule has 0 unspecified atom stereocenters. The Morgan fingerprint density at radius 3 is 2.70 bits per heavy atom. The number of thioether (sulfide) groups is 1. The lowest BCUT2D eigenvalue weighted by Gasteiger charge is -2.07. The quantitative estimate of drug-likeness (QED) is 0.464. The Morgan fingerprint density at radius 1 is 1.26 bits per heavy atom. The monoisotopic (exact) mass is 374 g/mol. The van der Waals surface area contributed by atoms with Crippen molar-refractivity contribution < 1.29 is 14.1 Å². The van der Waals surface area contributed by atoms with Crippen molar-refractivity contribution >= 4 is 52.2 Å². The Balaban J connectivity index is 2.04. The zero-order valence-corrected chi connectivity index (χ0v) is 13.7. The Morgan fingerprint density at radius 2 is 2.00 bits per heavy atom. The van der Waals surface area contributed by atoms with Crippen molar-refractivity contribution in [2.75, 3.05) is 11.1 Å². The first-order valence-electron chi connectivity index (χ1n) is 6.18. The number of nitro groups is 1. The van der Waals surface area contributed by atoms with Crippen LogP contribution >= 0.6 is 35.0 Å². The van der Waals surface area contributed by atoms with Gasteiger partial charge in [-0.25, -0.2) is 4.39 Å². The predicted octanol–water partition coefficient (Wildman–Crippen LogP) is 4.77. The molecule has 0 aliphatic carbocycles. The lowest BCUT2D eigenvalue weighted by atomic mass is 10.2. The molecule has 2 rings (SSSR count). The van der Waals surface area contributed by atoms with E-state index in [0.717, 1.165) is 30.0 Å². The fourth-order valence-corrected chi connectivity index (χ4v) is 2.93. The number of benzene rings is 2. The molecule has 23 heavy (non-hydrogen) atoms. The summed E-state index contributed by atoms with van der Waals surface area (Å²) in [6.45, 7) is 0. The number of hydrogen-bond acceptors (Lipinski definition) is 4. The summed E-state index contributed by atoms with van der Waals surface area (Å²) < 4.78 is 13.6. The lowest BCUT2D eigenvalue weighted by molar-refractivity contribution is -0.384. The molecule has 120 valence electrons. The van der Waals surface area contributed by atoms with Crippen molar-refractivity contribution in [1.82, 2.24) is 0 Å². The summed E-state index contributed by atoms with van der Waals surface area (Å²) in [4.78, 5) is 22.5. The molecule has 0 radical (unpaired) electrons. The highest BCUT2D eigenvalue weighted by Crippen LogP contribution is 2.30. The topological polar surface area (TPSA) is 72.2 Å². The number of amides is 1. The molecule has 0 saturated heterocycles. The largest absolute Gasteiger partial charge is 0.323 e. The summed E-state index contributed by atoms with van der Waals surface area (Å²) in [5.74, 6) is -1.33. The van der Waals surface area contributed by atoms with Crippen molar-refractivity contribution in [3.63, 3.8) is 0 Å². The fraction of sp³-hybridized carbons (Fsp3) is 0.0714. The molecular weight excluding hydrogens is 366 g/mol. The van der Waals surface area contributed by atoms with Gasteiger partial charge in [-0.1, -0.05) is 23.2 Å². The first-order valence-corrected chi connectivity index (χ1v) is 7.92. The molecule has 2 aromatic carbocycles. The highest BCUT2D eigenvalue weighted by atomic mass is 35.5. The number of halogens is 3. The molecule has 0 bridgehead atoms. The normalized spacial score (nSPS) is 10.4. The number of carbonyl (C=O) groups is 1. The maximum Gasteiger partial charge on any atom is 0.271 e. The van der Waals surface area contributed by atoms with Gasteiger partial charge in [0, 0.05) is 22.1 Å². The summed E-state index contributed by atoms with van der Waals surface area (Å²) >= 11 is 12.9. The van der Waals surface area contributed by atoms with Gasteiger partial charge in [0.05, 0.1) is 21.4 Å². The van der Waals surface area contributed by atoms with Gasteiger partial charge >= 0.3 is 0 Å². The Labute approximate surface area is 144 Å². The highest BCUT2D eigenvalue weighted by Gasteiger charge is 2.14. The van der Waals surface area contributed by atoms with Crippen LogP contribution in [-0.2, 0) is 4.79 Å². The van der Waals surface area contributed by atoms with Crippen molar-refractivity contribution in [2.45, 2.75) is 4.90 Å². The third-order valence-corrected chi connectivity index (χ3v) is 4.42. The van der Waals surface area contributed by atoms with Crippen LogP contribution in [0.3, 0.4) is 0 Å². The van der Waals surface area contributed by atoms with Crippen LogP contribution in [0.15, 0.2) is 41.3 Å². The second kappa shape index (κ2) is 7.63. The zero-order valence-electron chi connectivity index (χ0n) is 11.4. The van der Waals surface area contributed by atoms with E-state index in [9.17, 15) is 19.3 Å². The van der Waals surface area contributed by atoms with Crippen molar-refractivity contribution in [3.05, 3.63) is 62.4 Å². The average molecular weight is 375 g/mol. The van der Waals surface area contributed by atoms with Crippen LogP contribution < -0.4 is 5.32 Å². The van der Waals surface area contributed by atoms with E-state index in [1.165, 1.54) is 0 Å². The summed E-state index contributed by atoms with van der Waals surface area (Å²) in [5, 5.41) is 13.9. The Kier molecular flexibility index (Phi) is 5.81. The van der Waals surface area contributed by atoms with Crippen molar-refractivity contribution in [3.8, 4) is 0 Å². The van der Waals surface area contributed by atoms with Gasteiger partial charge in [-0.15, -0.1) is 11.8 Å². The Hall–Kier alpha value is -1.83. The molecule has 0 heterocycles. The summed E-state index contributed by atoms with van der Waals surface area (Å²) in [7, 11) is 0. The van der Waals surface area contributed by atoms with E-state index >= 15 is 0 Å². The second-order valence-electron chi connectivity index (χ2n) is 4.33. The molecule has 0 atom stereocenters. The molecule has 0 fully saturated rings. The molecule has 2 aromatic rings. The smallest absolute Gasteiger partial charge is 0.271 e. The van der Waals surface area contributed by atoms with Crippen molar-refractivity contribution in [2.24, 2.45) is 0 Å². The molecule has 0 aliphatic rings. The number of nitrogens with zero attached hydrogens (tertiary/aromatic N) is 1. The maximum atomic E-state index is 13.6. The molecular formula is C14H9Cl2FN2O3S. The number of nitro benzene ring substituents is 1. The van der Waals surface area contributed by atoms with Crippen molar-refractivity contribution in [1.29, 1.82) is 0 Å². The standard InChI is InChI=1S/C14H9Cl2FN2O3S/c15-8-1-3-10(16)13(5-8)23-7-14(20)18-12-6-9(19(21)22)2-4-11(12)17/h1-6H,7H2,(H,18,20). The van der Waals surface area contributed by atoms with Crippen LogP contribution in [0.1, 0.15) is 0 Å². The first-order chi connectivity index (χ1) is 10.9. The number of hydrogen-bond donors (Lipinski definition) is 1. The number of carbonyl (C=O) groups excluding carboxylic acids is 1. The predicted molar refractivity (Wildman–Crippen MR) is 88.9 cm³/mol. The van der Waals surface area contributed by atoms with Gasteiger partial charge in [-0.3, -0.25) is 14.9 Å². The minimum atomic E-state index is -0.755. The van der Waals surface area contributed by atoms with E-state index in [2.05, 4.69) is 5.32 Å². The van der Waals surface area contributed by atoms with Gasteiger partial charge in [-0.2, -0.15) is 0 Å². The molecule has 0 aromatic heterocycles. The summed E-state index contributed by atoms with van der Waals surface area (Å²) in [5.41, 5.74) is -0.561. The van der Waals surface area contributed by atoms with Gasteiger partial charge in [0.15, 0.2) is 0 Å². The summed E-state index contributed by atoms with van der Waals surface area (Å²) in [6, 6.07) is 7.73. The van der Waals surface area contributed by atoms with Gasteiger partial charge in [0.1, 0.15) is 5.82 Å². The third-order valence-electron chi connectivity index (χ3n) is 2.69. The fourth-order valence-electron chi connectivity index (χ4n) is 1.64. The molecule has 1 N–H and O–H groups in total. The lowest BCUT2D eigenvalue weighted by Crippen LogP contribution is -2.15. The van der Waals surface area contributed by atoms with Gasteiger partial charge < -0.3 is 5.32 Å². The van der Waals surface area contributed by atoms with Crippen LogP contribution in [0, 0.1) is 15.9 Å². The SMILES string of the molecule is O=C(CSc1cc(Cl)ccc1Cl)Nc1cc([N+](=O)[O-])ccc1F. The zero-order chi connectivity index (χ0) is 17.0. The van der Waals surface area contributed by atoms with E-state index in [-0.39, 0.29) is 17.1 Å². The number of nitrogens with one attached hydrogen (secondary N) is 1. The molecule has 5 nitrogen and oxygen atoms in total. The maximum absolute atomic E-state index is 13.6. The van der Waals surface area contributed by atoms with Crippen LogP contribution in [-0.4, -0.2) is 16.6 Å². The minimum Gasteiger partial charge on any atom is -0.323 e.